The third-order valence-corrected chi connectivity index (χ3v) is 4.52. The maximum Gasteiger partial charge on any atom is 0.331 e. The molecule has 0 unspecified atom stereocenters. The number of halogens is 3. The van der Waals surface area contributed by atoms with Crippen molar-refractivity contribution in [3.8, 4) is 0 Å². The fourth-order valence-corrected chi connectivity index (χ4v) is 3.07. The minimum atomic E-state index is -0.921. The number of nitrogens with zero attached hydrogens (tertiary/aromatic N) is 2. The topological polar surface area (TPSA) is 64.2 Å². The summed E-state index contributed by atoms with van der Waals surface area (Å²) in [5, 5.41) is 10.1. The van der Waals surface area contributed by atoms with Crippen molar-refractivity contribution < 1.29 is 9.50 Å². The Bertz CT molecular complexity index is 1090. The maximum atomic E-state index is 14.5. The van der Waals surface area contributed by atoms with Crippen LogP contribution in [0.25, 0.3) is 10.9 Å². The molecule has 1 N–H and O–H groups in total. The molecule has 1 aromatic heterocycles. The molecule has 0 spiro atoms. The average molecular weight is 397 g/mol. The van der Waals surface area contributed by atoms with Crippen LogP contribution in [0, 0.1) is 5.82 Å². The van der Waals surface area contributed by atoms with Gasteiger partial charge in [0.2, 0.25) is 0 Å². The van der Waals surface area contributed by atoms with E-state index in [1.54, 1.807) is 24.3 Å². The minimum absolute atomic E-state index is 0.00513. The van der Waals surface area contributed by atoms with E-state index in [1.165, 1.54) is 19.1 Å². The van der Waals surface area contributed by atoms with Gasteiger partial charge >= 0.3 is 5.69 Å². The molecule has 0 fully saturated rings. The summed E-state index contributed by atoms with van der Waals surface area (Å²) in [6.45, 7) is 1.29. The van der Waals surface area contributed by atoms with E-state index in [1.807, 2.05) is 0 Å². The van der Waals surface area contributed by atoms with Gasteiger partial charge in [0.1, 0.15) is 0 Å². The smallest absolute Gasteiger partial charge is 0.331 e. The van der Waals surface area contributed by atoms with Crippen molar-refractivity contribution in [2.45, 2.75) is 26.1 Å². The molecule has 3 rings (SSSR count). The van der Waals surface area contributed by atoms with Gasteiger partial charge < -0.3 is 5.11 Å². The van der Waals surface area contributed by atoms with Gasteiger partial charge in [-0.25, -0.2) is 9.18 Å². The molecular formula is C18H15Cl2FN2O3. The highest BCUT2D eigenvalue weighted by molar-refractivity contribution is 6.31. The summed E-state index contributed by atoms with van der Waals surface area (Å²) in [5.74, 6) is -0.863. The largest absolute Gasteiger partial charge is 0.392 e. The molecule has 1 heterocycles. The third-order valence-electron chi connectivity index (χ3n) is 3.98. The van der Waals surface area contributed by atoms with E-state index in [4.69, 9.17) is 23.2 Å². The summed E-state index contributed by atoms with van der Waals surface area (Å²) in [7, 11) is 0. The van der Waals surface area contributed by atoms with Crippen molar-refractivity contribution in [2.24, 2.45) is 0 Å². The number of hydrogen-bond acceptors (Lipinski definition) is 3. The number of hydrogen-bond donors (Lipinski definition) is 1. The normalized spacial score (nSPS) is 12.5. The first-order chi connectivity index (χ1) is 12.3. The predicted molar refractivity (Wildman–Crippen MR) is 99.7 cm³/mol. The summed E-state index contributed by atoms with van der Waals surface area (Å²) in [6, 6.07) is 9.33. The second-order valence-electron chi connectivity index (χ2n) is 6.02. The predicted octanol–water partition coefficient (Wildman–Crippen LogP) is 3.04. The van der Waals surface area contributed by atoms with E-state index >= 15 is 0 Å². The van der Waals surface area contributed by atoms with Gasteiger partial charge in [0, 0.05) is 5.02 Å². The van der Waals surface area contributed by atoms with Crippen molar-refractivity contribution >= 4 is 34.1 Å². The molecule has 0 bridgehead atoms. The van der Waals surface area contributed by atoms with Crippen LogP contribution in [0.2, 0.25) is 10.0 Å². The highest BCUT2D eigenvalue weighted by Crippen LogP contribution is 2.22. The van der Waals surface area contributed by atoms with E-state index < -0.39 is 23.2 Å². The van der Waals surface area contributed by atoms with Crippen LogP contribution in [0.1, 0.15) is 12.5 Å². The summed E-state index contributed by atoms with van der Waals surface area (Å²) in [5.41, 5.74) is -0.872. The van der Waals surface area contributed by atoms with E-state index in [2.05, 4.69) is 0 Å². The molecular weight excluding hydrogens is 382 g/mol. The van der Waals surface area contributed by atoms with Gasteiger partial charge in [-0.15, -0.1) is 0 Å². The standard InChI is InChI=1S/C18H15Cl2FN2O3/c1-10(24)8-22-16-13(6-7-14(20)15(16)21)17(25)23(18(22)26)9-11-2-4-12(19)5-3-11/h2-7,10,24H,8-9H2,1H3/t10-/m1/s1. The minimum Gasteiger partial charge on any atom is -0.392 e. The van der Waals surface area contributed by atoms with Crippen molar-refractivity contribution in [3.63, 3.8) is 0 Å². The zero-order chi connectivity index (χ0) is 19.0. The second kappa shape index (κ2) is 7.23. The summed E-state index contributed by atoms with van der Waals surface area (Å²) < 4.78 is 16.6. The number of aromatic nitrogens is 2. The lowest BCUT2D eigenvalue weighted by Crippen LogP contribution is -2.42. The van der Waals surface area contributed by atoms with Crippen LogP contribution < -0.4 is 11.2 Å². The number of fused-ring (bicyclic) bond motifs is 1. The molecule has 0 aliphatic heterocycles. The van der Waals surface area contributed by atoms with Crippen LogP contribution in [-0.2, 0) is 13.1 Å². The first-order valence-corrected chi connectivity index (χ1v) is 8.59. The Labute approximate surface area is 157 Å². The van der Waals surface area contributed by atoms with Crippen LogP contribution in [-0.4, -0.2) is 20.3 Å². The molecule has 2 aromatic carbocycles. The van der Waals surface area contributed by atoms with Gasteiger partial charge in [0.05, 0.1) is 35.1 Å². The lowest BCUT2D eigenvalue weighted by atomic mass is 10.2. The van der Waals surface area contributed by atoms with Crippen LogP contribution in [0.15, 0.2) is 46.0 Å². The molecule has 0 aliphatic rings. The Morgan fingerprint density at radius 3 is 2.35 bits per heavy atom. The van der Waals surface area contributed by atoms with Crippen molar-refractivity contribution in [1.29, 1.82) is 0 Å². The summed E-state index contributed by atoms with van der Waals surface area (Å²) in [4.78, 5) is 25.6. The van der Waals surface area contributed by atoms with Crippen LogP contribution in [0.5, 0.6) is 0 Å². The van der Waals surface area contributed by atoms with Crippen molar-refractivity contribution in [1.82, 2.24) is 9.13 Å². The molecule has 26 heavy (non-hydrogen) atoms. The molecule has 0 aliphatic carbocycles. The molecule has 3 aromatic rings. The highest BCUT2D eigenvalue weighted by atomic mass is 35.5. The number of rotatable bonds is 4. The Morgan fingerprint density at radius 1 is 1.08 bits per heavy atom. The highest BCUT2D eigenvalue weighted by Gasteiger charge is 2.19. The van der Waals surface area contributed by atoms with Gasteiger partial charge in [-0.2, -0.15) is 0 Å². The zero-order valence-corrected chi connectivity index (χ0v) is 15.3. The molecule has 0 amide bonds. The fourth-order valence-electron chi connectivity index (χ4n) is 2.80. The zero-order valence-electron chi connectivity index (χ0n) is 13.7. The van der Waals surface area contributed by atoms with Crippen LogP contribution >= 0.6 is 23.2 Å². The van der Waals surface area contributed by atoms with Crippen molar-refractivity contribution in [3.05, 3.63) is 78.7 Å². The first-order valence-electron chi connectivity index (χ1n) is 7.83. The lowest BCUT2D eigenvalue weighted by molar-refractivity contribution is 0.172. The SMILES string of the molecule is C[C@@H](O)Cn1c(=O)n(Cc2ccc(Cl)cc2)c(=O)c2ccc(Cl)c(F)c21. The van der Waals surface area contributed by atoms with E-state index in [9.17, 15) is 19.1 Å². The van der Waals surface area contributed by atoms with Crippen LogP contribution in [0.3, 0.4) is 0 Å². The molecule has 0 radical (unpaired) electrons. The van der Waals surface area contributed by atoms with E-state index in [-0.39, 0.29) is 29.0 Å². The third kappa shape index (κ3) is 3.40. The molecule has 0 saturated carbocycles. The monoisotopic (exact) mass is 396 g/mol. The van der Waals surface area contributed by atoms with E-state index in [0.29, 0.717) is 10.6 Å². The summed E-state index contributed by atoms with van der Waals surface area (Å²) in [6.07, 6.45) is -0.921. The van der Waals surface area contributed by atoms with Gasteiger partial charge in [-0.3, -0.25) is 13.9 Å². The van der Waals surface area contributed by atoms with E-state index in [0.717, 1.165) is 9.13 Å². The Kier molecular flexibility index (Phi) is 5.18. The van der Waals surface area contributed by atoms with Gasteiger partial charge in [0.15, 0.2) is 5.82 Å². The molecule has 136 valence electrons. The number of benzene rings is 2. The molecule has 0 saturated heterocycles. The molecule has 5 nitrogen and oxygen atoms in total. The molecule has 1 atom stereocenters. The fraction of sp³-hybridized carbons (Fsp3) is 0.222. The second-order valence-corrected chi connectivity index (χ2v) is 6.86. The first kappa shape index (κ1) is 18.6. The Morgan fingerprint density at radius 2 is 1.73 bits per heavy atom. The Balaban J connectivity index is 2.30. The number of aliphatic hydroxyl groups excluding tert-OH is 1. The molecule has 8 heteroatoms. The Hall–Kier alpha value is -2.15. The van der Waals surface area contributed by atoms with Gasteiger partial charge in [0.25, 0.3) is 5.56 Å². The quantitative estimate of drug-likeness (QED) is 0.736. The van der Waals surface area contributed by atoms with Crippen LogP contribution in [0.4, 0.5) is 4.39 Å². The van der Waals surface area contributed by atoms with Gasteiger partial charge in [-0.05, 0) is 36.8 Å². The lowest BCUT2D eigenvalue weighted by Gasteiger charge is -2.16. The average Bonchev–Trinajstić information content (AvgIpc) is 2.59. The summed E-state index contributed by atoms with van der Waals surface area (Å²) >= 11 is 11.7. The number of aliphatic hydroxyl groups is 1. The van der Waals surface area contributed by atoms with Gasteiger partial charge in [-0.1, -0.05) is 35.3 Å². The maximum absolute atomic E-state index is 14.5. The van der Waals surface area contributed by atoms with Crippen molar-refractivity contribution in [2.75, 3.05) is 0 Å².